The van der Waals surface area contributed by atoms with E-state index in [0.717, 1.165) is 21.9 Å². The lowest BCUT2D eigenvalue weighted by atomic mass is 10.1. The molecule has 1 aromatic carbocycles. The van der Waals surface area contributed by atoms with Crippen molar-refractivity contribution in [1.29, 1.82) is 0 Å². The van der Waals surface area contributed by atoms with Crippen LogP contribution in [0.15, 0.2) is 30.3 Å². The van der Waals surface area contributed by atoms with Crippen LogP contribution in [0, 0.1) is 6.92 Å². The van der Waals surface area contributed by atoms with Gasteiger partial charge in [-0.25, -0.2) is 0 Å². The van der Waals surface area contributed by atoms with Crippen molar-refractivity contribution in [3.63, 3.8) is 0 Å². The van der Waals surface area contributed by atoms with Gasteiger partial charge in [-0.05, 0) is 35.9 Å². The van der Waals surface area contributed by atoms with Crippen molar-refractivity contribution in [2.75, 3.05) is 0 Å². The fourth-order valence-electron chi connectivity index (χ4n) is 2.00. The van der Waals surface area contributed by atoms with Gasteiger partial charge in [0.2, 0.25) is 5.82 Å². The molecular formula is C14H13ClN4S. The lowest BCUT2D eigenvalue weighted by Crippen LogP contribution is -1.91. The van der Waals surface area contributed by atoms with Gasteiger partial charge in [-0.3, -0.25) is 0 Å². The third-order valence-electron chi connectivity index (χ3n) is 2.96. The van der Waals surface area contributed by atoms with Gasteiger partial charge >= 0.3 is 0 Å². The molecule has 0 spiro atoms. The Kier molecular flexibility index (Phi) is 3.54. The first kappa shape index (κ1) is 13.3. The molecule has 0 radical (unpaired) electrons. The monoisotopic (exact) mass is 304 g/mol. The number of hydrogen-bond donors (Lipinski definition) is 0. The van der Waals surface area contributed by atoms with Crippen molar-refractivity contribution >= 4 is 22.9 Å². The maximum absolute atomic E-state index is 6.24. The van der Waals surface area contributed by atoms with Gasteiger partial charge < -0.3 is 0 Å². The van der Waals surface area contributed by atoms with E-state index in [2.05, 4.69) is 34.5 Å². The molecule has 0 aliphatic heterocycles. The fraction of sp³-hybridized carbons (Fsp3) is 0.214. The van der Waals surface area contributed by atoms with Crippen molar-refractivity contribution in [1.82, 2.24) is 20.2 Å². The average molecular weight is 305 g/mol. The first-order chi connectivity index (χ1) is 9.61. The van der Waals surface area contributed by atoms with Crippen LogP contribution < -0.4 is 0 Å². The third kappa shape index (κ3) is 2.73. The zero-order valence-electron chi connectivity index (χ0n) is 11.2. The topological polar surface area (TPSA) is 43.6 Å². The fourth-order valence-corrected chi connectivity index (χ4v) is 3.14. The molecule has 0 bridgehead atoms. The second-order valence-electron chi connectivity index (χ2n) is 4.64. The van der Waals surface area contributed by atoms with Gasteiger partial charge in [-0.1, -0.05) is 29.3 Å². The van der Waals surface area contributed by atoms with Crippen molar-refractivity contribution < 1.29 is 0 Å². The highest BCUT2D eigenvalue weighted by Crippen LogP contribution is 2.28. The number of rotatable bonds is 3. The Morgan fingerprint density at radius 2 is 2.10 bits per heavy atom. The summed E-state index contributed by atoms with van der Waals surface area (Å²) in [7, 11) is 1.76. The molecule has 2 aromatic heterocycles. The number of aromatic nitrogens is 4. The van der Waals surface area contributed by atoms with E-state index in [1.165, 1.54) is 15.2 Å². The van der Waals surface area contributed by atoms with E-state index < -0.39 is 0 Å². The van der Waals surface area contributed by atoms with E-state index in [4.69, 9.17) is 11.6 Å². The molecule has 3 rings (SSSR count). The number of aryl methyl sites for hydroxylation is 2. The maximum Gasteiger partial charge on any atom is 0.214 e. The Labute approximate surface area is 126 Å². The Morgan fingerprint density at radius 3 is 2.85 bits per heavy atom. The zero-order chi connectivity index (χ0) is 14.1. The molecule has 6 heteroatoms. The predicted octanol–water partition coefficient (Wildman–Crippen LogP) is 3.49. The lowest BCUT2D eigenvalue weighted by molar-refractivity contribution is 0.630. The highest BCUT2D eigenvalue weighted by Gasteiger charge is 2.09. The number of thiophene rings is 1. The van der Waals surface area contributed by atoms with E-state index in [-0.39, 0.29) is 0 Å². The molecule has 0 fully saturated rings. The van der Waals surface area contributed by atoms with Crippen LogP contribution in [0.1, 0.15) is 16.0 Å². The second kappa shape index (κ2) is 5.34. The zero-order valence-corrected chi connectivity index (χ0v) is 12.7. The maximum atomic E-state index is 6.24. The minimum atomic E-state index is 0.666. The van der Waals surface area contributed by atoms with Gasteiger partial charge in [0.25, 0.3) is 0 Å². The highest BCUT2D eigenvalue weighted by atomic mass is 35.5. The summed E-state index contributed by atoms with van der Waals surface area (Å²) in [6.07, 6.45) is 0.825. The lowest BCUT2D eigenvalue weighted by Gasteiger charge is -2.03. The molecule has 0 amide bonds. The summed E-state index contributed by atoms with van der Waals surface area (Å²) in [5, 5.41) is 12.9. The molecule has 2 heterocycles. The van der Waals surface area contributed by atoms with E-state index in [1.54, 1.807) is 18.4 Å². The summed E-state index contributed by atoms with van der Waals surface area (Å²) in [6, 6.07) is 10.2. The van der Waals surface area contributed by atoms with Gasteiger partial charge in [-0.15, -0.1) is 21.5 Å². The van der Waals surface area contributed by atoms with Crippen LogP contribution in [-0.4, -0.2) is 20.2 Å². The third-order valence-corrected chi connectivity index (χ3v) is 4.41. The normalized spacial score (nSPS) is 10.9. The van der Waals surface area contributed by atoms with Crippen LogP contribution in [0.4, 0.5) is 0 Å². The number of nitrogens with zero attached hydrogens (tertiary/aromatic N) is 4. The Hall–Kier alpha value is -1.72. The highest BCUT2D eigenvalue weighted by molar-refractivity contribution is 7.15. The molecule has 0 unspecified atom stereocenters. The van der Waals surface area contributed by atoms with Crippen LogP contribution >= 0.6 is 22.9 Å². The van der Waals surface area contributed by atoms with Crippen LogP contribution in [-0.2, 0) is 13.5 Å². The van der Waals surface area contributed by atoms with Crippen LogP contribution in [0.2, 0.25) is 5.02 Å². The molecule has 0 aliphatic carbocycles. The number of halogens is 1. The molecular weight excluding hydrogens is 292 g/mol. The van der Waals surface area contributed by atoms with E-state index in [0.29, 0.717) is 5.82 Å². The summed E-state index contributed by atoms with van der Waals surface area (Å²) in [5.74, 6) is 0.666. The summed E-state index contributed by atoms with van der Waals surface area (Å²) in [5.41, 5.74) is 2.36. The molecule has 0 saturated heterocycles. The van der Waals surface area contributed by atoms with Crippen LogP contribution in [0.25, 0.3) is 10.7 Å². The summed E-state index contributed by atoms with van der Waals surface area (Å²) >= 11 is 7.91. The Bertz CT molecular complexity index is 747. The van der Waals surface area contributed by atoms with Crippen LogP contribution in [0.3, 0.4) is 0 Å². The van der Waals surface area contributed by atoms with E-state index in [9.17, 15) is 0 Å². The molecule has 0 saturated carbocycles. The molecule has 3 aromatic rings. The van der Waals surface area contributed by atoms with Crippen molar-refractivity contribution in [3.05, 3.63) is 51.4 Å². The van der Waals surface area contributed by atoms with Crippen molar-refractivity contribution in [2.45, 2.75) is 13.3 Å². The first-order valence-electron chi connectivity index (χ1n) is 6.20. The molecule has 20 heavy (non-hydrogen) atoms. The quantitative estimate of drug-likeness (QED) is 0.744. The smallest absolute Gasteiger partial charge is 0.167 e. The number of hydrogen-bond acceptors (Lipinski definition) is 4. The van der Waals surface area contributed by atoms with Crippen molar-refractivity contribution in [3.8, 4) is 10.7 Å². The van der Waals surface area contributed by atoms with E-state index >= 15 is 0 Å². The standard InChI is InChI=1S/C14H13ClN4S/c1-9-3-5-12(15)10(7-9)8-11-4-6-13(20-11)14-16-18-19(2)17-14/h3-7H,8H2,1-2H3. The number of tetrazole rings is 1. The summed E-state index contributed by atoms with van der Waals surface area (Å²) in [4.78, 5) is 3.73. The Balaban J connectivity index is 1.85. The van der Waals surface area contributed by atoms with Gasteiger partial charge in [-0.2, -0.15) is 4.80 Å². The summed E-state index contributed by atoms with van der Waals surface area (Å²) < 4.78 is 0. The Morgan fingerprint density at radius 1 is 1.25 bits per heavy atom. The predicted molar refractivity (Wildman–Crippen MR) is 81.1 cm³/mol. The molecule has 0 N–H and O–H groups in total. The van der Waals surface area contributed by atoms with Gasteiger partial charge in [0.15, 0.2) is 0 Å². The average Bonchev–Trinajstić information content (AvgIpc) is 3.03. The molecule has 0 aliphatic rings. The first-order valence-corrected chi connectivity index (χ1v) is 7.39. The minimum absolute atomic E-state index is 0.666. The van der Waals surface area contributed by atoms with Gasteiger partial charge in [0.1, 0.15) is 0 Å². The SMILES string of the molecule is Cc1ccc(Cl)c(Cc2ccc(-c3nnn(C)n3)s2)c1. The molecule has 102 valence electrons. The van der Waals surface area contributed by atoms with E-state index in [1.807, 2.05) is 18.2 Å². The minimum Gasteiger partial charge on any atom is -0.167 e. The van der Waals surface area contributed by atoms with Gasteiger partial charge in [0.05, 0.1) is 11.9 Å². The molecule has 0 atom stereocenters. The van der Waals surface area contributed by atoms with Crippen molar-refractivity contribution in [2.24, 2.45) is 7.05 Å². The van der Waals surface area contributed by atoms with Crippen LogP contribution in [0.5, 0.6) is 0 Å². The summed E-state index contributed by atoms with van der Waals surface area (Å²) in [6.45, 7) is 2.07. The molecule has 4 nitrogen and oxygen atoms in total. The van der Waals surface area contributed by atoms with Gasteiger partial charge in [0, 0.05) is 16.3 Å². The largest absolute Gasteiger partial charge is 0.214 e. The second-order valence-corrected chi connectivity index (χ2v) is 6.22. The number of benzene rings is 1.